The minimum Gasteiger partial charge on any atom is -0.477 e. The van der Waals surface area contributed by atoms with E-state index >= 15 is 0 Å². The van der Waals surface area contributed by atoms with Gasteiger partial charge in [-0.3, -0.25) is 4.98 Å². The Hall–Kier alpha value is -2.95. The van der Waals surface area contributed by atoms with Crippen LogP contribution in [0.2, 0.25) is 0 Å². The second kappa shape index (κ2) is 5.05. The van der Waals surface area contributed by atoms with Gasteiger partial charge in [-0.25, -0.2) is 9.18 Å². The van der Waals surface area contributed by atoms with Crippen LogP contribution in [0, 0.1) is 5.82 Å². The minimum atomic E-state index is -1.06. The maximum absolute atomic E-state index is 13.5. The topological polar surface area (TPSA) is 66.0 Å². The molecule has 0 spiro atoms. The standard InChI is InChI=1S/C18H13FN2O2/c19-12-7-11(8-20-9-12)15-14-6-5-10-3-1-2-4-13(10)16(14)21-17(15)18(22)23/h1-4,7-9,21H,5-6H2,(H,22,23). The molecule has 5 heteroatoms. The third-order valence-corrected chi connectivity index (χ3v) is 4.24. The summed E-state index contributed by atoms with van der Waals surface area (Å²) in [4.78, 5) is 18.5. The number of hydrogen-bond donors (Lipinski definition) is 2. The highest BCUT2D eigenvalue weighted by atomic mass is 19.1. The van der Waals surface area contributed by atoms with Crippen molar-refractivity contribution < 1.29 is 14.3 Å². The third kappa shape index (κ3) is 2.12. The first-order valence-corrected chi connectivity index (χ1v) is 7.32. The summed E-state index contributed by atoms with van der Waals surface area (Å²) in [6.45, 7) is 0. The third-order valence-electron chi connectivity index (χ3n) is 4.24. The highest BCUT2D eigenvalue weighted by molar-refractivity contribution is 5.98. The molecule has 0 amide bonds. The summed E-state index contributed by atoms with van der Waals surface area (Å²) in [5.41, 5.74) is 5.01. The molecular weight excluding hydrogens is 295 g/mol. The number of aryl methyl sites for hydroxylation is 1. The average molecular weight is 308 g/mol. The van der Waals surface area contributed by atoms with Crippen LogP contribution in [0.15, 0.2) is 42.7 Å². The molecule has 0 unspecified atom stereocenters. The molecule has 0 bridgehead atoms. The summed E-state index contributed by atoms with van der Waals surface area (Å²) in [7, 11) is 0. The quantitative estimate of drug-likeness (QED) is 0.759. The molecule has 114 valence electrons. The first-order chi connectivity index (χ1) is 11.1. The van der Waals surface area contributed by atoms with Crippen LogP contribution < -0.4 is 0 Å². The van der Waals surface area contributed by atoms with E-state index in [0.29, 0.717) is 17.5 Å². The van der Waals surface area contributed by atoms with Crippen molar-refractivity contribution in [1.82, 2.24) is 9.97 Å². The number of benzene rings is 1. The Morgan fingerprint density at radius 2 is 2.04 bits per heavy atom. The largest absolute Gasteiger partial charge is 0.477 e. The smallest absolute Gasteiger partial charge is 0.352 e. The number of aromatic nitrogens is 2. The molecular formula is C18H13FN2O2. The lowest BCUT2D eigenvalue weighted by molar-refractivity contribution is 0.0692. The van der Waals surface area contributed by atoms with Crippen LogP contribution in [0.5, 0.6) is 0 Å². The molecule has 1 aliphatic carbocycles. The number of hydrogen-bond acceptors (Lipinski definition) is 2. The first kappa shape index (κ1) is 13.7. The maximum atomic E-state index is 13.5. The molecule has 2 N–H and O–H groups in total. The number of carboxylic acid groups (broad SMARTS) is 1. The number of carboxylic acids is 1. The van der Waals surface area contributed by atoms with Crippen LogP contribution in [0.3, 0.4) is 0 Å². The number of aromatic carboxylic acids is 1. The van der Waals surface area contributed by atoms with E-state index < -0.39 is 11.8 Å². The summed E-state index contributed by atoms with van der Waals surface area (Å²) in [6.07, 6.45) is 4.15. The molecule has 23 heavy (non-hydrogen) atoms. The normalized spacial score (nSPS) is 12.6. The van der Waals surface area contributed by atoms with Crippen molar-refractivity contribution in [3.05, 3.63) is 65.4 Å². The number of halogens is 1. The molecule has 1 aliphatic rings. The Kier molecular flexibility index (Phi) is 3.01. The predicted octanol–water partition coefficient (Wildman–Crippen LogP) is 3.68. The monoisotopic (exact) mass is 308 g/mol. The molecule has 0 aliphatic heterocycles. The number of fused-ring (bicyclic) bond motifs is 3. The van der Waals surface area contributed by atoms with Crippen molar-refractivity contribution in [1.29, 1.82) is 0 Å². The van der Waals surface area contributed by atoms with E-state index in [1.165, 1.54) is 17.8 Å². The van der Waals surface area contributed by atoms with Gasteiger partial charge >= 0.3 is 5.97 Å². The Labute approximate surface area is 131 Å². The molecule has 0 saturated heterocycles. The zero-order valence-corrected chi connectivity index (χ0v) is 12.1. The lowest BCUT2D eigenvalue weighted by atomic mass is 9.87. The van der Waals surface area contributed by atoms with E-state index in [1.807, 2.05) is 24.3 Å². The van der Waals surface area contributed by atoms with Crippen molar-refractivity contribution in [3.8, 4) is 22.4 Å². The zero-order chi connectivity index (χ0) is 16.0. The molecule has 1 aromatic carbocycles. The number of nitrogens with zero attached hydrogens (tertiary/aromatic N) is 1. The molecule has 2 aromatic heterocycles. The van der Waals surface area contributed by atoms with Gasteiger partial charge in [0.25, 0.3) is 0 Å². The van der Waals surface area contributed by atoms with Crippen LogP contribution in [-0.2, 0) is 12.8 Å². The fourth-order valence-corrected chi connectivity index (χ4v) is 3.29. The molecule has 0 atom stereocenters. The van der Waals surface area contributed by atoms with E-state index in [-0.39, 0.29) is 5.69 Å². The summed E-state index contributed by atoms with van der Waals surface area (Å²) >= 11 is 0. The van der Waals surface area contributed by atoms with E-state index in [1.54, 1.807) is 0 Å². The average Bonchev–Trinajstić information content (AvgIpc) is 2.95. The van der Waals surface area contributed by atoms with Gasteiger partial charge in [0.15, 0.2) is 0 Å². The summed E-state index contributed by atoms with van der Waals surface area (Å²) in [6, 6.07) is 9.25. The second-order valence-corrected chi connectivity index (χ2v) is 5.58. The van der Waals surface area contributed by atoms with E-state index in [9.17, 15) is 14.3 Å². The van der Waals surface area contributed by atoms with Crippen molar-refractivity contribution in [2.75, 3.05) is 0 Å². The summed E-state index contributed by atoms with van der Waals surface area (Å²) in [5, 5.41) is 9.55. The second-order valence-electron chi connectivity index (χ2n) is 5.58. The number of carbonyl (C=O) groups is 1. The minimum absolute atomic E-state index is 0.0825. The summed E-state index contributed by atoms with van der Waals surface area (Å²) < 4.78 is 13.5. The van der Waals surface area contributed by atoms with E-state index in [0.717, 1.165) is 29.4 Å². The van der Waals surface area contributed by atoms with Crippen LogP contribution >= 0.6 is 0 Å². The number of rotatable bonds is 2. The van der Waals surface area contributed by atoms with Crippen molar-refractivity contribution >= 4 is 5.97 Å². The van der Waals surface area contributed by atoms with Gasteiger partial charge in [0.05, 0.1) is 11.9 Å². The zero-order valence-electron chi connectivity index (χ0n) is 12.1. The predicted molar refractivity (Wildman–Crippen MR) is 83.8 cm³/mol. The van der Waals surface area contributed by atoms with Gasteiger partial charge in [-0.2, -0.15) is 0 Å². The van der Waals surface area contributed by atoms with E-state index in [2.05, 4.69) is 9.97 Å². The Balaban J connectivity index is 2.01. The SMILES string of the molecule is O=C(O)c1[nH]c2c(c1-c1cncc(F)c1)CCc1ccccc1-2. The van der Waals surface area contributed by atoms with Gasteiger partial charge in [0.2, 0.25) is 0 Å². The van der Waals surface area contributed by atoms with Gasteiger partial charge < -0.3 is 10.1 Å². The first-order valence-electron chi connectivity index (χ1n) is 7.32. The van der Waals surface area contributed by atoms with Gasteiger partial charge in [-0.05, 0) is 30.0 Å². The van der Waals surface area contributed by atoms with Gasteiger partial charge in [-0.1, -0.05) is 24.3 Å². The summed E-state index contributed by atoms with van der Waals surface area (Å²) in [5.74, 6) is -1.54. The van der Waals surface area contributed by atoms with Gasteiger partial charge in [0.1, 0.15) is 11.5 Å². The molecule has 0 radical (unpaired) electrons. The molecule has 2 heterocycles. The van der Waals surface area contributed by atoms with Crippen molar-refractivity contribution in [3.63, 3.8) is 0 Å². The van der Waals surface area contributed by atoms with Crippen LogP contribution in [0.25, 0.3) is 22.4 Å². The Morgan fingerprint density at radius 3 is 2.83 bits per heavy atom. The van der Waals surface area contributed by atoms with Crippen molar-refractivity contribution in [2.45, 2.75) is 12.8 Å². The van der Waals surface area contributed by atoms with Gasteiger partial charge in [0, 0.05) is 22.9 Å². The molecule has 0 saturated carbocycles. The number of pyridine rings is 1. The molecule has 3 aromatic rings. The van der Waals surface area contributed by atoms with Crippen LogP contribution in [-0.4, -0.2) is 21.0 Å². The van der Waals surface area contributed by atoms with Crippen molar-refractivity contribution in [2.24, 2.45) is 0 Å². The lowest BCUT2D eigenvalue weighted by Crippen LogP contribution is -2.03. The van der Waals surface area contributed by atoms with E-state index in [4.69, 9.17) is 0 Å². The number of nitrogens with one attached hydrogen (secondary N) is 1. The Bertz CT molecular complexity index is 931. The van der Waals surface area contributed by atoms with Crippen LogP contribution in [0.4, 0.5) is 4.39 Å². The van der Waals surface area contributed by atoms with Gasteiger partial charge in [-0.15, -0.1) is 0 Å². The molecule has 4 rings (SSSR count). The molecule has 4 nitrogen and oxygen atoms in total. The number of aromatic amines is 1. The number of H-pyrrole nitrogens is 1. The lowest BCUT2D eigenvalue weighted by Gasteiger charge is -2.17. The highest BCUT2D eigenvalue weighted by Gasteiger charge is 2.27. The molecule has 0 fully saturated rings. The highest BCUT2D eigenvalue weighted by Crippen LogP contribution is 2.40. The maximum Gasteiger partial charge on any atom is 0.352 e. The fraction of sp³-hybridized carbons (Fsp3) is 0.111. The fourth-order valence-electron chi connectivity index (χ4n) is 3.29. The Morgan fingerprint density at radius 1 is 1.22 bits per heavy atom. The van der Waals surface area contributed by atoms with Crippen LogP contribution in [0.1, 0.15) is 21.6 Å².